The average Bonchev–Trinajstić information content (AvgIpc) is 2.77. The lowest BCUT2D eigenvalue weighted by atomic mass is 9.94. The predicted octanol–water partition coefficient (Wildman–Crippen LogP) is 4.27. The van der Waals surface area contributed by atoms with Gasteiger partial charge in [0.15, 0.2) is 0 Å². The lowest BCUT2D eigenvalue weighted by molar-refractivity contribution is 0.0251. The van der Waals surface area contributed by atoms with Crippen LogP contribution in [0, 0.1) is 13.8 Å². The average molecular weight is 280 g/mol. The molecule has 0 N–H and O–H groups in total. The molecule has 1 saturated heterocycles. The van der Waals surface area contributed by atoms with Crippen molar-refractivity contribution in [3.8, 4) is 0 Å². The molecule has 0 spiro atoms. The van der Waals surface area contributed by atoms with Gasteiger partial charge in [-0.2, -0.15) is 0 Å². The van der Waals surface area contributed by atoms with E-state index in [1.54, 1.807) is 0 Å². The Morgan fingerprint density at radius 3 is 2.10 bits per heavy atom. The minimum absolute atomic E-state index is 0.459. The Morgan fingerprint density at radius 1 is 0.810 bits per heavy atom. The van der Waals surface area contributed by atoms with Crippen LogP contribution in [-0.4, -0.2) is 24.1 Å². The first-order valence-electron chi connectivity index (χ1n) is 7.65. The van der Waals surface area contributed by atoms with E-state index in [9.17, 15) is 0 Å². The Labute approximate surface area is 128 Å². The van der Waals surface area contributed by atoms with Crippen LogP contribution in [0.15, 0.2) is 48.5 Å². The zero-order chi connectivity index (χ0) is 15.0. The molecular weight excluding hydrogens is 256 g/mol. The molecule has 1 aliphatic rings. The van der Waals surface area contributed by atoms with Gasteiger partial charge in [0.25, 0.3) is 0 Å². The van der Waals surface area contributed by atoms with Gasteiger partial charge in [0, 0.05) is 14.1 Å². The molecule has 2 atom stereocenters. The smallest absolute Gasteiger partial charge is 0.0513 e. The number of hydrazine groups is 1. The van der Waals surface area contributed by atoms with E-state index in [-0.39, 0.29) is 0 Å². The maximum absolute atomic E-state index is 2.38. The van der Waals surface area contributed by atoms with E-state index in [4.69, 9.17) is 0 Å². The van der Waals surface area contributed by atoms with Gasteiger partial charge in [-0.3, -0.25) is 0 Å². The molecule has 110 valence electrons. The fourth-order valence-electron chi connectivity index (χ4n) is 3.39. The van der Waals surface area contributed by atoms with Crippen molar-refractivity contribution in [2.75, 3.05) is 14.1 Å². The summed E-state index contributed by atoms with van der Waals surface area (Å²) in [5, 5.41) is 4.76. The van der Waals surface area contributed by atoms with Crippen molar-refractivity contribution in [2.24, 2.45) is 0 Å². The summed E-state index contributed by atoms with van der Waals surface area (Å²) in [4.78, 5) is 0. The number of hydrogen-bond donors (Lipinski definition) is 0. The molecule has 3 rings (SSSR count). The maximum atomic E-state index is 2.38. The van der Waals surface area contributed by atoms with Crippen LogP contribution in [0.5, 0.6) is 0 Å². The lowest BCUT2D eigenvalue weighted by Crippen LogP contribution is -2.32. The zero-order valence-electron chi connectivity index (χ0n) is 13.4. The highest BCUT2D eigenvalue weighted by molar-refractivity contribution is 5.31. The molecule has 2 heteroatoms. The second kappa shape index (κ2) is 5.63. The molecule has 21 heavy (non-hydrogen) atoms. The third kappa shape index (κ3) is 2.61. The van der Waals surface area contributed by atoms with E-state index in [1.165, 1.54) is 22.3 Å². The lowest BCUT2D eigenvalue weighted by Gasteiger charge is -2.28. The van der Waals surface area contributed by atoms with Crippen LogP contribution in [0.3, 0.4) is 0 Å². The predicted molar refractivity (Wildman–Crippen MR) is 88.0 cm³/mol. The third-order valence-corrected chi connectivity index (χ3v) is 4.86. The topological polar surface area (TPSA) is 6.48 Å². The normalized spacial score (nSPS) is 23.6. The van der Waals surface area contributed by atoms with Gasteiger partial charge in [-0.1, -0.05) is 54.1 Å². The second-order valence-corrected chi connectivity index (χ2v) is 6.18. The molecule has 2 aromatic rings. The first-order valence-corrected chi connectivity index (χ1v) is 7.65. The fourth-order valence-corrected chi connectivity index (χ4v) is 3.39. The van der Waals surface area contributed by atoms with Crippen molar-refractivity contribution in [3.63, 3.8) is 0 Å². The molecule has 0 bridgehead atoms. The number of hydrogen-bond acceptors (Lipinski definition) is 2. The maximum Gasteiger partial charge on any atom is 0.0513 e. The molecule has 0 aromatic heterocycles. The Kier molecular flexibility index (Phi) is 3.83. The molecule has 1 fully saturated rings. The molecular formula is C19H24N2. The Morgan fingerprint density at radius 2 is 1.43 bits per heavy atom. The highest BCUT2D eigenvalue weighted by atomic mass is 15.6. The monoisotopic (exact) mass is 280 g/mol. The molecule has 0 aliphatic carbocycles. The van der Waals surface area contributed by atoms with Gasteiger partial charge in [0.1, 0.15) is 0 Å². The van der Waals surface area contributed by atoms with Gasteiger partial charge in [0.05, 0.1) is 12.1 Å². The van der Waals surface area contributed by atoms with Crippen LogP contribution in [0.2, 0.25) is 0 Å². The van der Waals surface area contributed by atoms with Crippen molar-refractivity contribution in [1.82, 2.24) is 10.0 Å². The minimum atomic E-state index is 0.459. The Hall–Kier alpha value is -1.64. The zero-order valence-corrected chi connectivity index (χ0v) is 13.4. The molecule has 2 aromatic carbocycles. The SMILES string of the molecule is Cc1ccc(C2CC(c3ccccc3C)N(C)N2C)cc1. The summed E-state index contributed by atoms with van der Waals surface area (Å²) in [5.74, 6) is 0. The van der Waals surface area contributed by atoms with Gasteiger partial charge in [-0.25, -0.2) is 10.0 Å². The van der Waals surface area contributed by atoms with Gasteiger partial charge < -0.3 is 0 Å². The molecule has 1 aliphatic heterocycles. The summed E-state index contributed by atoms with van der Waals surface area (Å²) in [5.41, 5.74) is 5.56. The summed E-state index contributed by atoms with van der Waals surface area (Å²) >= 11 is 0. The molecule has 2 nitrogen and oxygen atoms in total. The van der Waals surface area contributed by atoms with E-state index in [0.717, 1.165) is 6.42 Å². The summed E-state index contributed by atoms with van der Waals surface area (Å²) in [6.07, 6.45) is 1.14. The van der Waals surface area contributed by atoms with Crippen LogP contribution >= 0.6 is 0 Å². The summed E-state index contributed by atoms with van der Waals surface area (Å²) < 4.78 is 0. The summed E-state index contributed by atoms with van der Waals surface area (Å²) in [7, 11) is 4.40. The van der Waals surface area contributed by atoms with Gasteiger partial charge >= 0.3 is 0 Å². The van der Waals surface area contributed by atoms with E-state index in [0.29, 0.717) is 12.1 Å². The van der Waals surface area contributed by atoms with Crippen LogP contribution in [-0.2, 0) is 0 Å². The summed E-state index contributed by atoms with van der Waals surface area (Å²) in [6, 6.07) is 18.6. The van der Waals surface area contributed by atoms with Crippen molar-refractivity contribution in [1.29, 1.82) is 0 Å². The van der Waals surface area contributed by atoms with E-state index < -0.39 is 0 Å². The second-order valence-electron chi connectivity index (χ2n) is 6.18. The fraction of sp³-hybridized carbons (Fsp3) is 0.368. The number of rotatable bonds is 2. The van der Waals surface area contributed by atoms with Gasteiger partial charge in [-0.15, -0.1) is 0 Å². The molecule has 1 heterocycles. The highest BCUT2D eigenvalue weighted by Gasteiger charge is 2.36. The highest BCUT2D eigenvalue weighted by Crippen LogP contribution is 2.42. The van der Waals surface area contributed by atoms with Crippen LogP contribution in [0.4, 0.5) is 0 Å². The first kappa shape index (κ1) is 14.3. The van der Waals surface area contributed by atoms with Crippen molar-refractivity contribution in [2.45, 2.75) is 32.4 Å². The molecule has 0 radical (unpaired) electrons. The minimum Gasteiger partial charge on any atom is -0.237 e. The van der Waals surface area contributed by atoms with Crippen LogP contribution in [0.25, 0.3) is 0 Å². The van der Waals surface area contributed by atoms with Crippen molar-refractivity contribution >= 4 is 0 Å². The Bertz CT molecular complexity index is 618. The van der Waals surface area contributed by atoms with Crippen molar-refractivity contribution in [3.05, 3.63) is 70.8 Å². The van der Waals surface area contributed by atoms with E-state index >= 15 is 0 Å². The number of nitrogens with zero attached hydrogens (tertiary/aromatic N) is 2. The quantitative estimate of drug-likeness (QED) is 0.810. The number of benzene rings is 2. The molecule has 0 amide bonds. The van der Waals surface area contributed by atoms with Gasteiger partial charge in [0.2, 0.25) is 0 Å². The number of aryl methyl sites for hydroxylation is 2. The van der Waals surface area contributed by atoms with Crippen LogP contribution < -0.4 is 0 Å². The molecule has 2 unspecified atom stereocenters. The van der Waals surface area contributed by atoms with E-state index in [2.05, 4.69) is 86.5 Å². The first-order chi connectivity index (χ1) is 10.1. The summed E-state index contributed by atoms with van der Waals surface area (Å²) in [6.45, 7) is 4.35. The van der Waals surface area contributed by atoms with Gasteiger partial charge in [-0.05, 0) is 37.0 Å². The largest absolute Gasteiger partial charge is 0.237 e. The third-order valence-electron chi connectivity index (χ3n) is 4.86. The van der Waals surface area contributed by atoms with E-state index in [1.807, 2.05) is 0 Å². The Balaban J connectivity index is 1.90. The molecule has 0 saturated carbocycles. The van der Waals surface area contributed by atoms with Crippen molar-refractivity contribution < 1.29 is 0 Å². The van der Waals surface area contributed by atoms with Crippen LogP contribution in [0.1, 0.15) is 40.8 Å². The standard InChI is InChI=1S/C19H24N2/c1-14-9-11-16(12-10-14)18-13-19(21(4)20(18)3)17-8-6-5-7-15(17)2/h5-12,18-19H,13H2,1-4H3.